The van der Waals surface area contributed by atoms with Gasteiger partial charge >= 0.3 is 0 Å². The van der Waals surface area contributed by atoms with E-state index in [0.29, 0.717) is 5.02 Å². The number of nitrogens with one attached hydrogen (secondary N) is 1. The van der Waals surface area contributed by atoms with Gasteiger partial charge in [-0.3, -0.25) is 4.79 Å². The first-order valence-corrected chi connectivity index (χ1v) is 6.17. The molecular weight excluding hydrogens is 267 g/mol. The molecule has 1 unspecified atom stereocenters. The topological polar surface area (TPSA) is 34.0 Å². The van der Waals surface area contributed by atoms with Gasteiger partial charge in [0.25, 0.3) is 5.91 Å². The van der Waals surface area contributed by atoms with Gasteiger partial charge in [-0.1, -0.05) is 24.2 Å². The molecule has 0 aliphatic rings. The number of nitrogens with zero attached hydrogens (tertiary/aromatic N) is 1. The summed E-state index contributed by atoms with van der Waals surface area (Å²) in [5, 5.41) is 4.18. The van der Waals surface area contributed by atoms with Crippen molar-refractivity contribution in [3.05, 3.63) is 47.4 Å². The molecule has 1 aromatic heterocycles. The second-order valence-corrected chi connectivity index (χ2v) is 4.89. The molecule has 1 atom stereocenters. The van der Waals surface area contributed by atoms with Crippen LogP contribution in [0.25, 0.3) is 10.9 Å². The van der Waals surface area contributed by atoms with Crippen LogP contribution in [0.4, 0.5) is 4.39 Å². The van der Waals surface area contributed by atoms with Crippen molar-refractivity contribution in [3.8, 4) is 0 Å². The Labute approximate surface area is 115 Å². The number of amides is 1. The summed E-state index contributed by atoms with van der Waals surface area (Å²) in [6.45, 7) is 4.78. The average Bonchev–Trinajstić information content (AvgIpc) is 2.66. The van der Waals surface area contributed by atoms with Gasteiger partial charge in [0.15, 0.2) is 5.83 Å². The molecule has 1 heterocycles. The number of rotatable bonds is 3. The lowest BCUT2D eigenvalue weighted by Gasteiger charge is -2.12. The van der Waals surface area contributed by atoms with Gasteiger partial charge < -0.3 is 9.88 Å². The number of aryl methyl sites for hydroxylation is 1. The van der Waals surface area contributed by atoms with Crippen molar-refractivity contribution >= 4 is 28.4 Å². The van der Waals surface area contributed by atoms with Crippen molar-refractivity contribution in [3.63, 3.8) is 0 Å². The van der Waals surface area contributed by atoms with Gasteiger partial charge in [0.2, 0.25) is 0 Å². The summed E-state index contributed by atoms with van der Waals surface area (Å²) < 4.78 is 14.6. The molecule has 1 aromatic carbocycles. The van der Waals surface area contributed by atoms with Crippen molar-refractivity contribution < 1.29 is 9.18 Å². The molecule has 0 bridgehead atoms. The molecule has 1 amide bonds. The predicted octanol–water partition coefficient (Wildman–Crippen LogP) is 3.49. The van der Waals surface area contributed by atoms with E-state index in [4.69, 9.17) is 11.6 Å². The number of aromatic nitrogens is 1. The van der Waals surface area contributed by atoms with Crippen LogP contribution in [0.15, 0.2) is 36.8 Å². The third kappa shape index (κ3) is 2.63. The third-order valence-electron chi connectivity index (χ3n) is 3.04. The molecule has 0 fully saturated rings. The smallest absolute Gasteiger partial charge is 0.279 e. The van der Waals surface area contributed by atoms with Crippen LogP contribution < -0.4 is 5.32 Å². The van der Waals surface area contributed by atoms with Crippen LogP contribution in [0, 0.1) is 0 Å². The van der Waals surface area contributed by atoms with Gasteiger partial charge in [-0.15, -0.1) is 0 Å². The van der Waals surface area contributed by atoms with Crippen molar-refractivity contribution in [1.82, 2.24) is 9.88 Å². The molecule has 2 aromatic rings. The first-order valence-electron chi connectivity index (χ1n) is 5.80. The summed E-state index contributed by atoms with van der Waals surface area (Å²) in [5.74, 6) is -1.78. The van der Waals surface area contributed by atoms with E-state index in [2.05, 4.69) is 11.9 Å². The molecule has 0 spiro atoms. The number of halogens is 2. The molecule has 0 aliphatic heterocycles. The molecule has 19 heavy (non-hydrogen) atoms. The maximum Gasteiger partial charge on any atom is 0.279 e. The van der Waals surface area contributed by atoms with E-state index in [0.717, 1.165) is 16.5 Å². The molecule has 3 nitrogen and oxygen atoms in total. The zero-order valence-corrected chi connectivity index (χ0v) is 11.5. The monoisotopic (exact) mass is 280 g/mol. The van der Waals surface area contributed by atoms with E-state index in [-0.39, 0.29) is 6.04 Å². The Kier molecular flexibility index (Phi) is 3.62. The highest BCUT2D eigenvalue weighted by molar-refractivity contribution is 6.31. The quantitative estimate of drug-likeness (QED) is 0.858. The average molecular weight is 281 g/mol. The fourth-order valence-corrected chi connectivity index (χ4v) is 2.25. The highest BCUT2D eigenvalue weighted by atomic mass is 35.5. The van der Waals surface area contributed by atoms with Crippen LogP contribution in [0.2, 0.25) is 5.02 Å². The van der Waals surface area contributed by atoms with Crippen LogP contribution >= 0.6 is 11.6 Å². The van der Waals surface area contributed by atoms with Crippen LogP contribution in [0.5, 0.6) is 0 Å². The Morgan fingerprint density at radius 2 is 2.21 bits per heavy atom. The molecule has 5 heteroatoms. The first-order chi connectivity index (χ1) is 8.90. The van der Waals surface area contributed by atoms with E-state index < -0.39 is 11.7 Å². The van der Waals surface area contributed by atoms with E-state index in [1.165, 1.54) is 0 Å². The van der Waals surface area contributed by atoms with Crippen molar-refractivity contribution in [2.24, 2.45) is 7.05 Å². The normalized spacial score (nSPS) is 12.4. The van der Waals surface area contributed by atoms with Gasteiger partial charge in [0.05, 0.1) is 6.04 Å². The number of carbonyl (C=O) groups is 1. The third-order valence-corrected chi connectivity index (χ3v) is 3.28. The molecule has 100 valence electrons. The lowest BCUT2D eigenvalue weighted by molar-refractivity contribution is -0.119. The molecule has 1 N–H and O–H groups in total. The summed E-state index contributed by atoms with van der Waals surface area (Å²) in [6.07, 6.45) is 1.90. The Morgan fingerprint density at radius 1 is 1.53 bits per heavy atom. The Hall–Kier alpha value is -1.81. The largest absolute Gasteiger partial charge is 0.350 e. The second-order valence-electron chi connectivity index (χ2n) is 4.46. The van der Waals surface area contributed by atoms with Crippen molar-refractivity contribution in [2.45, 2.75) is 13.0 Å². The Balaban J connectivity index is 2.40. The molecular formula is C14H14ClFN2O. The van der Waals surface area contributed by atoms with E-state index in [1.54, 1.807) is 13.0 Å². The lowest BCUT2D eigenvalue weighted by Crippen LogP contribution is -2.26. The predicted molar refractivity (Wildman–Crippen MR) is 74.7 cm³/mol. The highest BCUT2D eigenvalue weighted by Crippen LogP contribution is 2.28. The fraction of sp³-hybridized carbons (Fsp3) is 0.214. The van der Waals surface area contributed by atoms with Crippen molar-refractivity contribution in [1.29, 1.82) is 0 Å². The van der Waals surface area contributed by atoms with Crippen LogP contribution in [0.1, 0.15) is 18.5 Å². The Morgan fingerprint density at radius 3 is 2.84 bits per heavy atom. The maximum atomic E-state index is 12.7. The minimum Gasteiger partial charge on any atom is -0.350 e. The number of hydrogen-bond donors (Lipinski definition) is 1. The summed E-state index contributed by atoms with van der Waals surface area (Å²) in [6, 6.07) is 5.21. The summed E-state index contributed by atoms with van der Waals surface area (Å²) >= 11 is 5.96. The maximum absolute atomic E-state index is 12.7. The van der Waals surface area contributed by atoms with Crippen molar-refractivity contribution in [2.75, 3.05) is 0 Å². The van der Waals surface area contributed by atoms with Gasteiger partial charge in [-0.25, -0.2) is 4.39 Å². The van der Waals surface area contributed by atoms with Crippen LogP contribution in [-0.4, -0.2) is 10.5 Å². The molecule has 0 radical (unpaired) electrons. The number of benzene rings is 1. The first kappa shape index (κ1) is 13.6. The van der Waals surface area contributed by atoms with Gasteiger partial charge in [-0.05, 0) is 24.6 Å². The SMILES string of the molecule is C=C(F)C(=O)NC(C)c1cn(C)c2cc(Cl)ccc12. The number of hydrogen-bond acceptors (Lipinski definition) is 1. The van der Waals surface area contributed by atoms with Gasteiger partial charge in [0, 0.05) is 29.2 Å². The standard InChI is InChI=1S/C14H14ClFN2O/c1-8(16)14(19)17-9(2)12-7-18(3)13-6-10(15)4-5-11(12)13/h4-7,9H,1H2,2-3H3,(H,17,19). The van der Waals surface area contributed by atoms with E-state index >= 15 is 0 Å². The number of carbonyl (C=O) groups excluding carboxylic acids is 1. The van der Waals surface area contributed by atoms with Gasteiger partial charge in [0.1, 0.15) is 0 Å². The molecule has 2 rings (SSSR count). The Bertz CT molecular complexity index is 663. The van der Waals surface area contributed by atoms with Crippen LogP contribution in [0.3, 0.4) is 0 Å². The minimum absolute atomic E-state index is 0.315. The lowest BCUT2D eigenvalue weighted by atomic mass is 10.1. The molecule has 0 saturated heterocycles. The summed E-state index contributed by atoms with van der Waals surface area (Å²) in [7, 11) is 1.89. The molecule has 0 aliphatic carbocycles. The zero-order chi connectivity index (χ0) is 14.2. The minimum atomic E-state index is -0.991. The highest BCUT2D eigenvalue weighted by Gasteiger charge is 2.16. The zero-order valence-electron chi connectivity index (χ0n) is 10.7. The van der Waals surface area contributed by atoms with Gasteiger partial charge in [-0.2, -0.15) is 0 Å². The fourth-order valence-electron chi connectivity index (χ4n) is 2.09. The number of fused-ring (bicyclic) bond motifs is 1. The second kappa shape index (κ2) is 5.05. The van der Waals surface area contributed by atoms with E-state index in [1.807, 2.05) is 29.9 Å². The molecule has 0 saturated carbocycles. The van der Waals surface area contributed by atoms with Crippen LogP contribution in [-0.2, 0) is 11.8 Å². The summed E-state index contributed by atoms with van der Waals surface area (Å²) in [5.41, 5.74) is 1.87. The summed E-state index contributed by atoms with van der Waals surface area (Å²) in [4.78, 5) is 11.3. The van der Waals surface area contributed by atoms with E-state index in [9.17, 15) is 9.18 Å².